The maximum absolute atomic E-state index is 12.0. The molecule has 2 amide bonds. The molecular weight excluding hydrogens is 262 g/mol. The monoisotopic (exact) mass is 289 g/mol. The Hall–Kier alpha value is -1.55. The summed E-state index contributed by atoms with van der Waals surface area (Å²) in [4.78, 5) is 16.3. The summed E-state index contributed by atoms with van der Waals surface area (Å²) in [7, 11) is 0. The van der Waals surface area contributed by atoms with Crippen LogP contribution in [0.25, 0.3) is 0 Å². The first-order valence-electron chi connectivity index (χ1n) is 7.85. The summed E-state index contributed by atoms with van der Waals surface area (Å²) >= 11 is 0. The highest BCUT2D eigenvalue weighted by molar-refractivity contribution is 5.74. The van der Waals surface area contributed by atoms with Gasteiger partial charge in [0.05, 0.1) is 0 Å². The number of aryl methyl sites for hydroxylation is 1. The molecule has 0 unspecified atom stereocenters. The Morgan fingerprint density at radius 1 is 1.14 bits per heavy atom. The van der Waals surface area contributed by atoms with Crippen LogP contribution < -0.4 is 5.32 Å². The van der Waals surface area contributed by atoms with E-state index in [4.69, 9.17) is 0 Å². The molecule has 1 fully saturated rings. The molecule has 1 N–H and O–H groups in total. The van der Waals surface area contributed by atoms with E-state index in [9.17, 15) is 4.79 Å². The van der Waals surface area contributed by atoms with E-state index in [0.717, 1.165) is 39.3 Å². The van der Waals surface area contributed by atoms with Crippen LogP contribution in [0.1, 0.15) is 25.0 Å². The molecule has 116 valence electrons. The van der Waals surface area contributed by atoms with Crippen LogP contribution in [0.5, 0.6) is 0 Å². The van der Waals surface area contributed by atoms with Gasteiger partial charge in [-0.1, -0.05) is 43.7 Å². The highest BCUT2D eigenvalue weighted by Gasteiger charge is 2.20. The average molecular weight is 289 g/mol. The lowest BCUT2D eigenvalue weighted by Crippen LogP contribution is -2.51. The topological polar surface area (TPSA) is 35.6 Å². The van der Waals surface area contributed by atoms with E-state index >= 15 is 0 Å². The van der Waals surface area contributed by atoms with Gasteiger partial charge in [-0.25, -0.2) is 4.79 Å². The lowest BCUT2D eigenvalue weighted by molar-refractivity contribution is 0.135. The molecule has 0 aromatic heterocycles. The Morgan fingerprint density at radius 3 is 2.33 bits per heavy atom. The molecule has 4 nitrogen and oxygen atoms in total. The predicted octanol–water partition coefficient (Wildman–Crippen LogP) is 2.48. The van der Waals surface area contributed by atoms with Gasteiger partial charge in [0.2, 0.25) is 0 Å². The fourth-order valence-electron chi connectivity index (χ4n) is 2.46. The Balaban J connectivity index is 1.75. The van der Waals surface area contributed by atoms with Crippen molar-refractivity contribution in [3.05, 3.63) is 35.4 Å². The number of hydrogen-bond acceptors (Lipinski definition) is 2. The lowest BCUT2D eigenvalue weighted by atomic mass is 10.1. The van der Waals surface area contributed by atoms with E-state index in [2.05, 4.69) is 55.3 Å². The third-order valence-electron chi connectivity index (χ3n) is 3.85. The minimum absolute atomic E-state index is 0.0821. The van der Waals surface area contributed by atoms with Crippen LogP contribution in [-0.2, 0) is 6.54 Å². The smallest absolute Gasteiger partial charge is 0.317 e. The van der Waals surface area contributed by atoms with Gasteiger partial charge in [-0.05, 0) is 18.4 Å². The van der Waals surface area contributed by atoms with Crippen molar-refractivity contribution in [2.24, 2.45) is 5.92 Å². The molecule has 1 aliphatic rings. The molecule has 1 aromatic rings. The fourth-order valence-corrected chi connectivity index (χ4v) is 2.46. The van der Waals surface area contributed by atoms with Crippen molar-refractivity contribution in [2.75, 3.05) is 32.7 Å². The van der Waals surface area contributed by atoms with Crippen LogP contribution >= 0.6 is 0 Å². The highest BCUT2D eigenvalue weighted by atomic mass is 16.2. The molecule has 0 aliphatic carbocycles. The zero-order valence-corrected chi connectivity index (χ0v) is 13.4. The Morgan fingerprint density at radius 2 is 1.76 bits per heavy atom. The predicted molar refractivity (Wildman–Crippen MR) is 86.3 cm³/mol. The van der Waals surface area contributed by atoms with Gasteiger partial charge >= 0.3 is 6.03 Å². The van der Waals surface area contributed by atoms with Gasteiger partial charge in [0.1, 0.15) is 0 Å². The summed E-state index contributed by atoms with van der Waals surface area (Å²) in [6.07, 6.45) is 0. The van der Waals surface area contributed by atoms with Crippen LogP contribution in [0.2, 0.25) is 0 Å². The largest absolute Gasteiger partial charge is 0.338 e. The number of urea groups is 1. The van der Waals surface area contributed by atoms with Crippen LogP contribution in [0.4, 0.5) is 4.79 Å². The van der Waals surface area contributed by atoms with E-state index in [1.807, 2.05) is 4.90 Å². The number of piperazine rings is 1. The Kier molecular flexibility index (Phi) is 5.62. The molecule has 1 heterocycles. The summed E-state index contributed by atoms with van der Waals surface area (Å²) in [5.74, 6) is 0.497. The SMILES string of the molecule is Cc1ccc(CN2CCN(C(=O)NCC(C)C)CC2)cc1. The van der Waals surface area contributed by atoms with Crippen molar-refractivity contribution < 1.29 is 4.79 Å². The third-order valence-corrected chi connectivity index (χ3v) is 3.85. The number of hydrogen-bond donors (Lipinski definition) is 1. The molecule has 0 saturated carbocycles. The van der Waals surface area contributed by atoms with E-state index in [-0.39, 0.29) is 6.03 Å². The second kappa shape index (κ2) is 7.46. The van der Waals surface area contributed by atoms with Gasteiger partial charge in [-0.2, -0.15) is 0 Å². The van der Waals surface area contributed by atoms with Gasteiger partial charge in [0, 0.05) is 39.3 Å². The van der Waals surface area contributed by atoms with E-state index in [0.29, 0.717) is 5.92 Å². The number of nitrogens with one attached hydrogen (secondary N) is 1. The van der Waals surface area contributed by atoms with Crippen molar-refractivity contribution in [1.82, 2.24) is 15.1 Å². The van der Waals surface area contributed by atoms with Crippen LogP contribution in [0, 0.1) is 12.8 Å². The minimum atomic E-state index is 0.0821. The van der Waals surface area contributed by atoms with Gasteiger partial charge in [-0.3, -0.25) is 4.90 Å². The standard InChI is InChI=1S/C17H27N3O/c1-14(2)12-18-17(21)20-10-8-19(9-11-20)13-16-6-4-15(3)5-7-16/h4-7,14H,8-13H2,1-3H3,(H,18,21). The summed E-state index contributed by atoms with van der Waals surface area (Å²) in [5.41, 5.74) is 2.64. The van der Waals surface area contributed by atoms with Gasteiger partial charge in [0.15, 0.2) is 0 Å². The van der Waals surface area contributed by atoms with Crippen LogP contribution in [0.15, 0.2) is 24.3 Å². The second-order valence-electron chi connectivity index (χ2n) is 6.33. The normalized spacial score (nSPS) is 16.3. The fraction of sp³-hybridized carbons (Fsp3) is 0.588. The summed E-state index contributed by atoms with van der Waals surface area (Å²) in [6, 6.07) is 8.78. The van der Waals surface area contributed by atoms with Gasteiger partial charge in [-0.15, -0.1) is 0 Å². The van der Waals surface area contributed by atoms with Gasteiger partial charge in [0.25, 0.3) is 0 Å². The molecule has 1 aliphatic heterocycles. The number of rotatable bonds is 4. The van der Waals surface area contributed by atoms with Crippen molar-refractivity contribution in [1.29, 1.82) is 0 Å². The maximum atomic E-state index is 12.0. The average Bonchev–Trinajstić information content (AvgIpc) is 2.48. The van der Waals surface area contributed by atoms with Crippen molar-refractivity contribution in [3.63, 3.8) is 0 Å². The number of amides is 2. The zero-order valence-electron chi connectivity index (χ0n) is 13.4. The van der Waals surface area contributed by atoms with Crippen LogP contribution in [-0.4, -0.2) is 48.6 Å². The second-order valence-corrected chi connectivity index (χ2v) is 6.33. The Bertz CT molecular complexity index is 448. The molecule has 21 heavy (non-hydrogen) atoms. The number of carbonyl (C=O) groups excluding carboxylic acids is 1. The van der Waals surface area contributed by atoms with Crippen LogP contribution in [0.3, 0.4) is 0 Å². The van der Waals surface area contributed by atoms with Gasteiger partial charge < -0.3 is 10.2 Å². The number of nitrogens with zero attached hydrogens (tertiary/aromatic N) is 2. The molecule has 0 bridgehead atoms. The Labute approximate surface area is 128 Å². The number of benzene rings is 1. The molecule has 0 radical (unpaired) electrons. The summed E-state index contributed by atoms with van der Waals surface area (Å²) in [6.45, 7) is 11.6. The molecular formula is C17H27N3O. The summed E-state index contributed by atoms with van der Waals surface area (Å²) in [5, 5.41) is 2.99. The minimum Gasteiger partial charge on any atom is -0.338 e. The van der Waals surface area contributed by atoms with E-state index < -0.39 is 0 Å². The molecule has 1 aromatic carbocycles. The first-order valence-corrected chi connectivity index (χ1v) is 7.85. The molecule has 0 spiro atoms. The maximum Gasteiger partial charge on any atom is 0.317 e. The molecule has 2 rings (SSSR count). The van der Waals surface area contributed by atoms with Crippen molar-refractivity contribution in [2.45, 2.75) is 27.3 Å². The molecule has 4 heteroatoms. The lowest BCUT2D eigenvalue weighted by Gasteiger charge is -2.34. The molecule has 1 saturated heterocycles. The van der Waals surface area contributed by atoms with E-state index in [1.54, 1.807) is 0 Å². The van der Waals surface area contributed by atoms with Crippen molar-refractivity contribution in [3.8, 4) is 0 Å². The van der Waals surface area contributed by atoms with E-state index in [1.165, 1.54) is 11.1 Å². The zero-order chi connectivity index (χ0) is 15.2. The first-order chi connectivity index (χ1) is 10.0. The van der Waals surface area contributed by atoms with Crippen molar-refractivity contribution >= 4 is 6.03 Å². The summed E-state index contributed by atoms with van der Waals surface area (Å²) < 4.78 is 0. The highest BCUT2D eigenvalue weighted by Crippen LogP contribution is 2.10. The third kappa shape index (κ3) is 5.05. The number of carbonyl (C=O) groups is 1. The quantitative estimate of drug-likeness (QED) is 0.924. The molecule has 0 atom stereocenters. The first kappa shape index (κ1) is 15.8.